The molecule has 0 bridgehead atoms. The van der Waals surface area contributed by atoms with E-state index < -0.39 is 0 Å². The van der Waals surface area contributed by atoms with Crippen LogP contribution in [0.2, 0.25) is 0 Å². The van der Waals surface area contributed by atoms with Crippen molar-refractivity contribution in [2.75, 3.05) is 11.9 Å². The summed E-state index contributed by atoms with van der Waals surface area (Å²) < 4.78 is 0. The summed E-state index contributed by atoms with van der Waals surface area (Å²) in [6.07, 6.45) is 4.03. The predicted molar refractivity (Wildman–Crippen MR) is 71.6 cm³/mol. The van der Waals surface area contributed by atoms with Crippen molar-refractivity contribution in [2.24, 2.45) is 0 Å². The largest absolute Gasteiger partial charge is 0.315 e. The molecule has 3 nitrogen and oxygen atoms in total. The fourth-order valence-electron chi connectivity index (χ4n) is 2.39. The van der Waals surface area contributed by atoms with Crippen molar-refractivity contribution in [1.82, 2.24) is 0 Å². The molecule has 1 aromatic rings. The average molecular weight is 245 g/mol. The van der Waals surface area contributed by atoms with Gasteiger partial charge in [0.05, 0.1) is 0 Å². The molecule has 0 aliphatic carbocycles. The third-order valence-electron chi connectivity index (χ3n) is 3.48. The van der Waals surface area contributed by atoms with Crippen LogP contribution in [-0.2, 0) is 16.0 Å². The fraction of sp³-hybridized carbons (Fsp3) is 0.467. The summed E-state index contributed by atoms with van der Waals surface area (Å²) in [5, 5.41) is 0. The highest BCUT2D eigenvalue weighted by Gasteiger charge is 2.16. The van der Waals surface area contributed by atoms with Gasteiger partial charge in [0.15, 0.2) is 0 Å². The number of amides is 1. The molecule has 18 heavy (non-hydrogen) atoms. The normalized spacial score (nSPS) is 18.2. The first-order valence-corrected chi connectivity index (χ1v) is 6.54. The number of hydrogen-bond acceptors (Lipinski definition) is 2. The first-order chi connectivity index (χ1) is 8.68. The number of aryl methyl sites for hydroxylation is 1. The van der Waals surface area contributed by atoms with Crippen LogP contribution in [0.3, 0.4) is 0 Å². The second kappa shape index (κ2) is 5.80. The molecule has 1 aromatic carbocycles. The van der Waals surface area contributed by atoms with Gasteiger partial charge in [-0.05, 0) is 30.9 Å². The Labute approximate surface area is 108 Å². The number of anilines is 1. The predicted octanol–water partition coefficient (Wildman–Crippen LogP) is 2.73. The molecule has 0 saturated heterocycles. The summed E-state index contributed by atoms with van der Waals surface area (Å²) in [5.74, 6) is 0.377. The smallest absolute Gasteiger partial charge is 0.226 e. The maximum atomic E-state index is 12.0. The first-order valence-electron chi connectivity index (χ1n) is 6.54. The van der Waals surface area contributed by atoms with Gasteiger partial charge in [-0.3, -0.25) is 9.59 Å². The van der Waals surface area contributed by atoms with E-state index in [0.29, 0.717) is 25.7 Å². The SMILES string of the molecule is CN1C(=O)CCCC(=O)CCCc2ccccc21. The van der Waals surface area contributed by atoms with E-state index in [4.69, 9.17) is 0 Å². The summed E-state index contributed by atoms with van der Waals surface area (Å²) >= 11 is 0. The average Bonchev–Trinajstić information content (AvgIpc) is 2.39. The zero-order chi connectivity index (χ0) is 13.0. The van der Waals surface area contributed by atoms with Gasteiger partial charge in [-0.1, -0.05) is 18.2 Å². The minimum atomic E-state index is 0.0946. The molecule has 0 atom stereocenters. The van der Waals surface area contributed by atoms with Crippen LogP contribution in [0.4, 0.5) is 5.69 Å². The van der Waals surface area contributed by atoms with Gasteiger partial charge >= 0.3 is 0 Å². The van der Waals surface area contributed by atoms with Gasteiger partial charge in [0.25, 0.3) is 0 Å². The quantitative estimate of drug-likeness (QED) is 0.704. The van der Waals surface area contributed by atoms with Crippen molar-refractivity contribution >= 4 is 17.4 Å². The maximum Gasteiger partial charge on any atom is 0.226 e. The lowest BCUT2D eigenvalue weighted by Crippen LogP contribution is -2.26. The third-order valence-corrected chi connectivity index (χ3v) is 3.48. The van der Waals surface area contributed by atoms with Crippen LogP contribution in [0.25, 0.3) is 0 Å². The monoisotopic (exact) mass is 245 g/mol. The van der Waals surface area contributed by atoms with Gasteiger partial charge in [-0.2, -0.15) is 0 Å². The van der Waals surface area contributed by atoms with Crippen LogP contribution in [0.15, 0.2) is 24.3 Å². The Bertz CT molecular complexity index is 454. The van der Waals surface area contributed by atoms with Crippen molar-refractivity contribution < 1.29 is 9.59 Å². The molecular formula is C15H19NO2. The highest BCUT2D eigenvalue weighted by molar-refractivity contribution is 5.94. The van der Waals surface area contributed by atoms with E-state index in [2.05, 4.69) is 0 Å². The number of nitrogens with zero attached hydrogens (tertiary/aromatic N) is 1. The molecule has 1 aliphatic rings. The van der Waals surface area contributed by atoms with E-state index in [1.54, 1.807) is 4.90 Å². The summed E-state index contributed by atoms with van der Waals surface area (Å²) in [5.41, 5.74) is 2.14. The standard InChI is InChI=1S/C15H19NO2/c1-16-14-10-3-2-6-12(14)7-4-8-13(17)9-5-11-15(16)18/h2-3,6,10H,4-5,7-9,11H2,1H3. The van der Waals surface area contributed by atoms with Gasteiger partial charge < -0.3 is 4.90 Å². The Kier molecular flexibility index (Phi) is 4.13. The number of para-hydroxylation sites is 1. The molecule has 1 aliphatic heterocycles. The number of carbonyl (C=O) groups is 2. The van der Waals surface area contributed by atoms with Gasteiger partial charge in [-0.25, -0.2) is 0 Å². The van der Waals surface area contributed by atoms with Crippen molar-refractivity contribution in [3.8, 4) is 0 Å². The van der Waals surface area contributed by atoms with E-state index in [1.807, 2.05) is 31.3 Å². The second-order valence-electron chi connectivity index (χ2n) is 4.83. The Balaban J connectivity index is 2.26. The molecular weight excluding hydrogens is 226 g/mol. The third kappa shape index (κ3) is 2.97. The van der Waals surface area contributed by atoms with Crippen molar-refractivity contribution in [1.29, 1.82) is 0 Å². The van der Waals surface area contributed by atoms with Crippen LogP contribution in [0.5, 0.6) is 0 Å². The molecule has 0 aromatic heterocycles. The lowest BCUT2D eigenvalue weighted by Gasteiger charge is -2.20. The molecule has 0 saturated carbocycles. The number of benzene rings is 1. The Morgan fingerprint density at radius 3 is 2.39 bits per heavy atom. The van der Waals surface area contributed by atoms with Crippen LogP contribution in [0, 0.1) is 0 Å². The number of Topliss-reactive ketones (excluding diaryl/α,β-unsaturated/α-hetero) is 1. The van der Waals surface area contributed by atoms with Gasteiger partial charge in [0.1, 0.15) is 5.78 Å². The molecule has 0 N–H and O–H groups in total. The van der Waals surface area contributed by atoms with Gasteiger partial charge in [-0.15, -0.1) is 0 Å². The lowest BCUT2D eigenvalue weighted by molar-refractivity contribution is -0.120. The molecule has 0 unspecified atom stereocenters. The number of ketones is 1. The van der Waals surface area contributed by atoms with E-state index >= 15 is 0 Å². The molecule has 1 amide bonds. The van der Waals surface area contributed by atoms with E-state index in [0.717, 1.165) is 24.1 Å². The summed E-state index contributed by atoms with van der Waals surface area (Å²) in [4.78, 5) is 25.3. The molecule has 0 radical (unpaired) electrons. The highest BCUT2D eigenvalue weighted by Crippen LogP contribution is 2.23. The minimum absolute atomic E-state index is 0.0946. The Morgan fingerprint density at radius 1 is 0.944 bits per heavy atom. The summed E-state index contributed by atoms with van der Waals surface area (Å²) in [6.45, 7) is 0. The zero-order valence-corrected chi connectivity index (χ0v) is 10.8. The fourth-order valence-corrected chi connectivity index (χ4v) is 2.39. The van der Waals surface area contributed by atoms with Crippen LogP contribution < -0.4 is 4.90 Å². The topological polar surface area (TPSA) is 37.4 Å². The second-order valence-corrected chi connectivity index (χ2v) is 4.83. The maximum absolute atomic E-state index is 12.0. The van der Waals surface area contributed by atoms with E-state index in [-0.39, 0.29) is 11.7 Å². The summed E-state index contributed by atoms with van der Waals surface area (Å²) in [7, 11) is 1.82. The van der Waals surface area contributed by atoms with Crippen LogP contribution in [-0.4, -0.2) is 18.7 Å². The molecule has 1 heterocycles. The highest BCUT2D eigenvalue weighted by atomic mass is 16.2. The molecule has 96 valence electrons. The Morgan fingerprint density at radius 2 is 1.61 bits per heavy atom. The van der Waals surface area contributed by atoms with Crippen molar-refractivity contribution in [2.45, 2.75) is 38.5 Å². The molecule has 0 spiro atoms. The van der Waals surface area contributed by atoms with E-state index in [9.17, 15) is 9.59 Å². The Hall–Kier alpha value is -1.64. The number of carbonyl (C=O) groups excluding carboxylic acids is 2. The van der Waals surface area contributed by atoms with E-state index in [1.165, 1.54) is 0 Å². The lowest BCUT2D eigenvalue weighted by atomic mass is 10.0. The van der Waals surface area contributed by atoms with Crippen LogP contribution >= 0.6 is 0 Å². The summed E-state index contributed by atoms with van der Waals surface area (Å²) in [6, 6.07) is 7.96. The van der Waals surface area contributed by atoms with Crippen molar-refractivity contribution in [3.63, 3.8) is 0 Å². The van der Waals surface area contributed by atoms with Crippen LogP contribution in [0.1, 0.15) is 37.7 Å². The first kappa shape index (κ1) is 12.8. The molecule has 3 heteroatoms. The van der Waals surface area contributed by atoms with Gasteiger partial charge in [0.2, 0.25) is 5.91 Å². The molecule has 0 fully saturated rings. The van der Waals surface area contributed by atoms with Crippen molar-refractivity contribution in [3.05, 3.63) is 29.8 Å². The number of rotatable bonds is 0. The minimum Gasteiger partial charge on any atom is -0.315 e. The van der Waals surface area contributed by atoms with Gasteiger partial charge in [0, 0.05) is 32.0 Å². The zero-order valence-electron chi connectivity index (χ0n) is 10.8. The number of hydrogen-bond donors (Lipinski definition) is 0. The molecule has 2 rings (SSSR count). The number of fused-ring (bicyclic) bond motifs is 1.